The summed E-state index contributed by atoms with van der Waals surface area (Å²) in [6.45, 7) is 1.85. The number of aromatic nitrogens is 1. The van der Waals surface area contributed by atoms with Crippen LogP contribution in [0.4, 0.5) is 0 Å². The Balaban J connectivity index is 2.53. The van der Waals surface area contributed by atoms with Crippen molar-refractivity contribution >= 4 is 23.5 Å². The van der Waals surface area contributed by atoms with Gasteiger partial charge in [-0.15, -0.1) is 11.6 Å². The molecule has 92 valence electrons. The van der Waals surface area contributed by atoms with Crippen LogP contribution in [0.5, 0.6) is 0 Å². The molecule has 1 rings (SSSR count). The fraction of sp³-hybridized carbons (Fsp3) is 0.364. The third-order valence-electron chi connectivity index (χ3n) is 2.04. The van der Waals surface area contributed by atoms with Crippen LogP contribution in [0.1, 0.15) is 15.9 Å². The fourth-order valence-electron chi connectivity index (χ4n) is 1.17. The van der Waals surface area contributed by atoms with Crippen molar-refractivity contribution in [2.24, 2.45) is 0 Å². The lowest BCUT2D eigenvalue weighted by Gasteiger charge is -2.08. The van der Waals surface area contributed by atoms with E-state index in [1.54, 1.807) is 12.3 Å². The summed E-state index contributed by atoms with van der Waals surface area (Å²) in [5.74, 6) is -0.898. The van der Waals surface area contributed by atoms with Crippen LogP contribution in [0.2, 0.25) is 0 Å². The molecule has 6 heteroatoms. The molecule has 1 aromatic rings. The third kappa shape index (κ3) is 4.03. The third-order valence-corrected chi connectivity index (χ3v) is 2.37. The number of aryl methyl sites for hydroxylation is 1. The summed E-state index contributed by atoms with van der Waals surface area (Å²) in [4.78, 5) is 26.5. The van der Waals surface area contributed by atoms with Crippen molar-refractivity contribution in [2.75, 3.05) is 13.7 Å². The molecule has 17 heavy (non-hydrogen) atoms. The van der Waals surface area contributed by atoms with Gasteiger partial charge in [0.25, 0.3) is 5.91 Å². The van der Waals surface area contributed by atoms with E-state index in [9.17, 15) is 9.59 Å². The number of ether oxygens (including phenoxy) is 1. The van der Waals surface area contributed by atoms with E-state index in [1.807, 2.05) is 6.92 Å². The first-order chi connectivity index (χ1) is 8.04. The van der Waals surface area contributed by atoms with Crippen LogP contribution in [0.3, 0.4) is 0 Å². The van der Waals surface area contributed by atoms with Crippen molar-refractivity contribution in [3.8, 4) is 0 Å². The van der Waals surface area contributed by atoms with Gasteiger partial charge in [0.15, 0.2) is 0 Å². The van der Waals surface area contributed by atoms with Gasteiger partial charge in [0.2, 0.25) is 0 Å². The van der Waals surface area contributed by atoms with Crippen LogP contribution in [0, 0.1) is 6.92 Å². The molecule has 1 N–H and O–H groups in total. The molecule has 0 aromatic carbocycles. The molecule has 0 aliphatic rings. The number of carbonyl (C=O) groups excluding carboxylic acids is 2. The quantitative estimate of drug-likeness (QED) is 0.642. The Kier molecular flexibility index (Phi) is 4.90. The van der Waals surface area contributed by atoms with Crippen LogP contribution in [-0.4, -0.2) is 35.9 Å². The highest BCUT2D eigenvalue weighted by molar-refractivity contribution is 6.30. The zero-order valence-electron chi connectivity index (χ0n) is 9.57. The van der Waals surface area contributed by atoms with Crippen LogP contribution in [-0.2, 0) is 9.53 Å². The SMILES string of the molecule is COC(=O)C(Cl)CNC(=O)c1cncc(C)c1. The van der Waals surface area contributed by atoms with E-state index in [2.05, 4.69) is 15.0 Å². The molecule has 0 aliphatic heterocycles. The molecule has 0 fully saturated rings. The Labute approximate surface area is 104 Å². The van der Waals surface area contributed by atoms with Gasteiger partial charge in [0.05, 0.1) is 12.7 Å². The minimum atomic E-state index is -0.887. The molecule has 1 unspecified atom stereocenters. The maximum atomic E-state index is 11.7. The van der Waals surface area contributed by atoms with Gasteiger partial charge in [-0.25, -0.2) is 0 Å². The predicted octanol–water partition coefficient (Wildman–Crippen LogP) is 0.900. The largest absolute Gasteiger partial charge is 0.468 e. The minimum absolute atomic E-state index is 0.0149. The molecule has 5 nitrogen and oxygen atoms in total. The van der Waals surface area contributed by atoms with E-state index in [0.29, 0.717) is 5.56 Å². The fourth-order valence-corrected chi connectivity index (χ4v) is 1.34. The summed E-state index contributed by atoms with van der Waals surface area (Å²) in [6, 6.07) is 1.70. The van der Waals surface area contributed by atoms with Crippen molar-refractivity contribution in [2.45, 2.75) is 12.3 Å². The normalized spacial score (nSPS) is 11.7. The molecule has 1 amide bonds. The first-order valence-electron chi connectivity index (χ1n) is 4.96. The number of nitrogens with zero attached hydrogens (tertiary/aromatic N) is 1. The summed E-state index contributed by atoms with van der Waals surface area (Å²) < 4.78 is 4.43. The molecule has 1 aromatic heterocycles. The Bertz CT molecular complexity index is 423. The van der Waals surface area contributed by atoms with Gasteiger partial charge in [-0.3, -0.25) is 14.6 Å². The molecule has 1 heterocycles. The predicted molar refractivity (Wildman–Crippen MR) is 63.0 cm³/mol. The van der Waals surface area contributed by atoms with Crippen molar-refractivity contribution in [3.05, 3.63) is 29.6 Å². The van der Waals surface area contributed by atoms with Crippen LogP contribution >= 0.6 is 11.6 Å². The molecule has 0 saturated carbocycles. The first kappa shape index (κ1) is 13.4. The number of nitrogens with one attached hydrogen (secondary N) is 1. The summed E-state index contributed by atoms with van der Waals surface area (Å²) in [6.07, 6.45) is 3.10. The van der Waals surface area contributed by atoms with Gasteiger partial charge < -0.3 is 10.1 Å². The molecule has 0 bridgehead atoms. The second-order valence-corrected chi connectivity index (χ2v) is 3.98. The zero-order valence-corrected chi connectivity index (χ0v) is 10.3. The van der Waals surface area contributed by atoms with Gasteiger partial charge in [-0.05, 0) is 18.6 Å². The zero-order chi connectivity index (χ0) is 12.8. The van der Waals surface area contributed by atoms with E-state index in [1.165, 1.54) is 13.3 Å². The number of hydrogen-bond donors (Lipinski definition) is 1. The standard InChI is InChI=1S/C11H13ClN2O3/c1-7-3-8(5-13-4-7)10(15)14-6-9(12)11(16)17-2/h3-5,9H,6H2,1-2H3,(H,14,15). The first-order valence-corrected chi connectivity index (χ1v) is 5.40. The summed E-state index contributed by atoms with van der Waals surface area (Å²) in [5, 5.41) is 1.64. The van der Waals surface area contributed by atoms with Gasteiger partial charge in [0, 0.05) is 18.9 Å². The summed E-state index contributed by atoms with van der Waals surface area (Å²) >= 11 is 5.69. The molecule has 0 saturated heterocycles. The monoisotopic (exact) mass is 256 g/mol. The van der Waals surface area contributed by atoms with E-state index in [0.717, 1.165) is 5.56 Å². The highest BCUT2D eigenvalue weighted by Crippen LogP contribution is 2.02. The van der Waals surface area contributed by atoms with Crippen LogP contribution in [0.25, 0.3) is 0 Å². The molecule has 0 aliphatic carbocycles. The number of esters is 1. The smallest absolute Gasteiger partial charge is 0.325 e. The number of pyridine rings is 1. The maximum absolute atomic E-state index is 11.7. The highest BCUT2D eigenvalue weighted by atomic mass is 35.5. The Morgan fingerprint density at radius 3 is 2.82 bits per heavy atom. The molecule has 0 spiro atoms. The van der Waals surface area contributed by atoms with Gasteiger partial charge >= 0.3 is 5.97 Å². The van der Waals surface area contributed by atoms with Crippen LogP contribution < -0.4 is 5.32 Å². The van der Waals surface area contributed by atoms with E-state index in [-0.39, 0.29) is 12.5 Å². The Hall–Kier alpha value is -1.62. The van der Waals surface area contributed by atoms with E-state index >= 15 is 0 Å². The number of rotatable bonds is 4. The highest BCUT2D eigenvalue weighted by Gasteiger charge is 2.17. The van der Waals surface area contributed by atoms with E-state index in [4.69, 9.17) is 11.6 Å². The Morgan fingerprint density at radius 1 is 1.53 bits per heavy atom. The molecular formula is C11H13ClN2O3. The number of alkyl halides is 1. The number of halogens is 1. The number of amides is 1. The number of hydrogen-bond acceptors (Lipinski definition) is 4. The van der Waals surface area contributed by atoms with Crippen LogP contribution in [0.15, 0.2) is 18.5 Å². The van der Waals surface area contributed by atoms with E-state index < -0.39 is 11.3 Å². The van der Waals surface area contributed by atoms with Crippen molar-refractivity contribution in [1.29, 1.82) is 0 Å². The molecule has 1 atom stereocenters. The van der Waals surface area contributed by atoms with Gasteiger partial charge in [0.1, 0.15) is 5.38 Å². The second kappa shape index (κ2) is 6.20. The van der Waals surface area contributed by atoms with Crippen molar-refractivity contribution in [3.63, 3.8) is 0 Å². The maximum Gasteiger partial charge on any atom is 0.325 e. The molecular weight excluding hydrogens is 244 g/mol. The molecule has 0 radical (unpaired) electrons. The second-order valence-electron chi connectivity index (χ2n) is 3.45. The number of methoxy groups -OCH3 is 1. The Morgan fingerprint density at radius 2 is 2.24 bits per heavy atom. The average molecular weight is 257 g/mol. The number of carbonyl (C=O) groups is 2. The average Bonchev–Trinajstić information content (AvgIpc) is 2.34. The lowest BCUT2D eigenvalue weighted by molar-refractivity contribution is -0.140. The van der Waals surface area contributed by atoms with Gasteiger partial charge in [-0.1, -0.05) is 0 Å². The van der Waals surface area contributed by atoms with Crippen molar-refractivity contribution in [1.82, 2.24) is 10.3 Å². The minimum Gasteiger partial charge on any atom is -0.468 e. The van der Waals surface area contributed by atoms with Gasteiger partial charge in [-0.2, -0.15) is 0 Å². The van der Waals surface area contributed by atoms with Crippen molar-refractivity contribution < 1.29 is 14.3 Å². The lowest BCUT2D eigenvalue weighted by Crippen LogP contribution is -2.34. The topological polar surface area (TPSA) is 68.3 Å². The summed E-state index contributed by atoms with van der Waals surface area (Å²) in [5.41, 5.74) is 1.31. The summed E-state index contributed by atoms with van der Waals surface area (Å²) in [7, 11) is 1.24. The lowest BCUT2D eigenvalue weighted by atomic mass is 10.2.